The maximum Gasteiger partial charge on any atom is 0.335 e. The second-order valence-corrected chi connectivity index (χ2v) is 3.98. The lowest BCUT2D eigenvalue weighted by molar-refractivity contribution is 0.0697. The molecule has 1 fully saturated rings. The van der Waals surface area contributed by atoms with Crippen molar-refractivity contribution < 1.29 is 14.6 Å². The van der Waals surface area contributed by atoms with Crippen LogP contribution in [0.3, 0.4) is 0 Å². The van der Waals surface area contributed by atoms with Crippen LogP contribution in [-0.4, -0.2) is 37.4 Å². The molecule has 1 aliphatic heterocycles. The molecule has 0 aromatic heterocycles. The van der Waals surface area contributed by atoms with Crippen LogP contribution in [-0.2, 0) is 4.74 Å². The van der Waals surface area contributed by atoms with Crippen LogP contribution in [0.5, 0.6) is 0 Å². The first-order chi connectivity index (χ1) is 7.68. The van der Waals surface area contributed by atoms with Crippen molar-refractivity contribution in [2.24, 2.45) is 0 Å². The highest BCUT2D eigenvalue weighted by Crippen LogP contribution is 2.27. The Balaban J connectivity index is 2.24. The predicted octanol–water partition coefficient (Wildman–Crippen LogP) is 1.87. The highest BCUT2D eigenvalue weighted by molar-refractivity contribution is 6.33. The Labute approximate surface area is 98.4 Å². The van der Waals surface area contributed by atoms with Gasteiger partial charge in [-0.05, 0) is 18.2 Å². The number of hydrogen-bond acceptors (Lipinski definition) is 3. The van der Waals surface area contributed by atoms with Gasteiger partial charge >= 0.3 is 5.97 Å². The minimum absolute atomic E-state index is 0.210. The van der Waals surface area contributed by atoms with E-state index in [1.807, 2.05) is 0 Å². The maximum absolute atomic E-state index is 10.7. The molecule has 1 N–H and O–H groups in total. The van der Waals surface area contributed by atoms with Gasteiger partial charge in [0.25, 0.3) is 0 Å². The van der Waals surface area contributed by atoms with Crippen molar-refractivity contribution in [2.75, 3.05) is 31.2 Å². The molecule has 86 valence electrons. The largest absolute Gasteiger partial charge is 0.478 e. The van der Waals surface area contributed by atoms with Crippen molar-refractivity contribution >= 4 is 23.3 Å². The fraction of sp³-hybridized carbons (Fsp3) is 0.364. The Morgan fingerprint density at radius 2 is 2.06 bits per heavy atom. The summed E-state index contributed by atoms with van der Waals surface area (Å²) in [6.07, 6.45) is 0. The Bertz CT molecular complexity index is 402. The van der Waals surface area contributed by atoms with Crippen LogP contribution in [0.25, 0.3) is 0 Å². The number of ether oxygens (including phenoxy) is 1. The van der Waals surface area contributed by atoms with E-state index in [1.54, 1.807) is 12.1 Å². The standard InChI is InChI=1S/C11H12ClNO3/c12-9-7-8(11(14)15)1-2-10(9)13-3-5-16-6-4-13/h1-2,7H,3-6H2,(H,14,15). The first kappa shape index (κ1) is 11.2. The minimum Gasteiger partial charge on any atom is -0.478 e. The summed E-state index contributed by atoms with van der Waals surface area (Å²) in [5.74, 6) is -0.963. The third-order valence-electron chi connectivity index (χ3n) is 2.55. The molecule has 0 unspecified atom stereocenters. The van der Waals surface area contributed by atoms with Crippen LogP contribution >= 0.6 is 11.6 Å². The van der Waals surface area contributed by atoms with E-state index in [9.17, 15) is 4.79 Å². The van der Waals surface area contributed by atoms with E-state index in [-0.39, 0.29) is 5.56 Å². The van der Waals surface area contributed by atoms with Gasteiger partial charge in [0, 0.05) is 13.1 Å². The van der Waals surface area contributed by atoms with Crippen molar-refractivity contribution in [2.45, 2.75) is 0 Å². The second kappa shape index (κ2) is 4.72. The number of aromatic carboxylic acids is 1. The summed E-state index contributed by atoms with van der Waals surface area (Å²) in [7, 11) is 0. The Morgan fingerprint density at radius 3 is 2.62 bits per heavy atom. The van der Waals surface area contributed by atoms with Gasteiger partial charge in [0.2, 0.25) is 0 Å². The lowest BCUT2D eigenvalue weighted by Crippen LogP contribution is -2.36. The van der Waals surface area contributed by atoms with Crippen LogP contribution in [0.15, 0.2) is 18.2 Å². The van der Waals surface area contributed by atoms with Gasteiger partial charge in [0.15, 0.2) is 0 Å². The molecule has 0 saturated carbocycles. The molecular formula is C11H12ClNO3. The van der Waals surface area contributed by atoms with Crippen molar-refractivity contribution in [3.05, 3.63) is 28.8 Å². The van der Waals surface area contributed by atoms with Gasteiger partial charge in [-0.15, -0.1) is 0 Å². The lowest BCUT2D eigenvalue weighted by atomic mass is 10.2. The normalized spacial score (nSPS) is 16.2. The molecule has 0 aliphatic carbocycles. The van der Waals surface area contributed by atoms with E-state index < -0.39 is 5.97 Å². The predicted molar refractivity (Wildman–Crippen MR) is 61.4 cm³/mol. The fourth-order valence-electron chi connectivity index (χ4n) is 1.70. The minimum atomic E-state index is -0.963. The average molecular weight is 242 g/mol. The lowest BCUT2D eigenvalue weighted by Gasteiger charge is -2.29. The topological polar surface area (TPSA) is 49.8 Å². The molecule has 0 radical (unpaired) electrons. The molecule has 1 heterocycles. The zero-order valence-electron chi connectivity index (χ0n) is 8.65. The van der Waals surface area contributed by atoms with Gasteiger partial charge < -0.3 is 14.7 Å². The molecule has 2 rings (SSSR count). The summed E-state index contributed by atoms with van der Waals surface area (Å²) in [6.45, 7) is 2.92. The zero-order chi connectivity index (χ0) is 11.5. The van der Waals surface area contributed by atoms with E-state index in [2.05, 4.69) is 4.90 Å². The molecule has 5 heteroatoms. The first-order valence-corrected chi connectivity index (χ1v) is 5.42. The Morgan fingerprint density at radius 1 is 1.38 bits per heavy atom. The first-order valence-electron chi connectivity index (χ1n) is 5.04. The number of nitrogens with zero attached hydrogens (tertiary/aromatic N) is 1. The fourth-order valence-corrected chi connectivity index (χ4v) is 2.00. The highest BCUT2D eigenvalue weighted by Gasteiger charge is 2.15. The molecule has 0 amide bonds. The molecule has 16 heavy (non-hydrogen) atoms. The molecule has 4 nitrogen and oxygen atoms in total. The zero-order valence-corrected chi connectivity index (χ0v) is 9.41. The maximum atomic E-state index is 10.7. The average Bonchev–Trinajstić information content (AvgIpc) is 2.30. The molecule has 0 spiro atoms. The summed E-state index contributed by atoms with van der Waals surface area (Å²) in [4.78, 5) is 12.8. The van der Waals surface area contributed by atoms with Gasteiger partial charge in [-0.25, -0.2) is 4.79 Å². The molecular weight excluding hydrogens is 230 g/mol. The van der Waals surface area contributed by atoms with E-state index in [4.69, 9.17) is 21.4 Å². The summed E-state index contributed by atoms with van der Waals surface area (Å²) in [5.41, 5.74) is 1.08. The summed E-state index contributed by atoms with van der Waals surface area (Å²) in [6, 6.07) is 4.80. The molecule has 0 bridgehead atoms. The van der Waals surface area contributed by atoms with E-state index in [0.29, 0.717) is 18.2 Å². The van der Waals surface area contributed by atoms with Crippen molar-refractivity contribution in [1.82, 2.24) is 0 Å². The number of carboxylic acids is 1. The van der Waals surface area contributed by atoms with Crippen molar-refractivity contribution in [1.29, 1.82) is 0 Å². The molecule has 1 aromatic carbocycles. The smallest absolute Gasteiger partial charge is 0.335 e. The summed E-state index contributed by atoms with van der Waals surface area (Å²) in [5, 5.41) is 9.29. The van der Waals surface area contributed by atoms with Crippen molar-refractivity contribution in [3.63, 3.8) is 0 Å². The van der Waals surface area contributed by atoms with E-state index in [0.717, 1.165) is 18.8 Å². The third-order valence-corrected chi connectivity index (χ3v) is 2.85. The third kappa shape index (κ3) is 2.28. The van der Waals surface area contributed by atoms with Gasteiger partial charge in [-0.1, -0.05) is 11.6 Å². The number of carboxylic acid groups (broad SMARTS) is 1. The molecule has 1 aliphatic rings. The van der Waals surface area contributed by atoms with Gasteiger partial charge in [0.1, 0.15) is 0 Å². The van der Waals surface area contributed by atoms with Crippen LogP contribution in [0.1, 0.15) is 10.4 Å². The number of hydrogen-bond donors (Lipinski definition) is 1. The van der Waals surface area contributed by atoms with Gasteiger partial charge in [-0.3, -0.25) is 0 Å². The van der Waals surface area contributed by atoms with Crippen LogP contribution in [0.4, 0.5) is 5.69 Å². The van der Waals surface area contributed by atoms with E-state index in [1.165, 1.54) is 6.07 Å². The number of rotatable bonds is 2. The SMILES string of the molecule is O=C(O)c1ccc(N2CCOCC2)c(Cl)c1. The van der Waals surface area contributed by atoms with Gasteiger partial charge in [-0.2, -0.15) is 0 Å². The molecule has 0 atom stereocenters. The number of halogens is 1. The highest BCUT2D eigenvalue weighted by atomic mass is 35.5. The number of carbonyl (C=O) groups is 1. The molecule has 1 aromatic rings. The monoisotopic (exact) mass is 241 g/mol. The summed E-state index contributed by atoms with van der Waals surface area (Å²) >= 11 is 6.06. The Kier molecular flexibility index (Phi) is 3.31. The van der Waals surface area contributed by atoms with Crippen molar-refractivity contribution in [3.8, 4) is 0 Å². The number of morpholine rings is 1. The Hall–Kier alpha value is -1.26. The van der Waals surface area contributed by atoms with Gasteiger partial charge in [0.05, 0.1) is 29.5 Å². The van der Waals surface area contributed by atoms with Crippen LogP contribution < -0.4 is 4.90 Å². The van der Waals surface area contributed by atoms with Crippen LogP contribution in [0.2, 0.25) is 5.02 Å². The quantitative estimate of drug-likeness (QED) is 0.859. The molecule has 1 saturated heterocycles. The van der Waals surface area contributed by atoms with Crippen LogP contribution in [0, 0.1) is 0 Å². The number of anilines is 1. The summed E-state index contributed by atoms with van der Waals surface area (Å²) < 4.78 is 5.24. The van der Waals surface area contributed by atoms with E-state index >= 15 is 0 Å². The second-order valence-electron chi connectivity index (χ2n) is 3.57. The number of benzene rings is 1.